The first kappa shape index (κ1) is 14.3. The Balaban J connectivity index is 2.25. The number of alkyl halides is 1. The summed E-state index contributed by atoms with van der Waals surface area (Å²) >= 11 is 5.90. The Hall–Kier alpha value is -1.16. The van der Waals surface area contributed by atoms with Crippen LogP contribution in [0.4, 0.5) is 8.78 Å². The normalized spacial score (nSPS) is 20.2. The molecule has 104 valence electrons. The fraction of sp³-hybridized carbons (Fsp3) is 0.500. The average molecular weight is 288 g/mol. The number of hydrogen-bond acceptors (Lipinski definition) is 1. The minimum absolute atomic E-state index is 0.0505. The number of nitrogens with zero attached hydrogens (tertiary/aromatic N) is 1. The van der Waals surface area contributed by atoms with Crippen LogP contribution >= 0.6 is 11.6 Å². The number of likely N-dealkylation sites (tertiary alicyclic amines) is 1. The third-order valence-electron chi connectivity index (χ3n) is 3.43. The fourth-order valence-electron chi connectivity index (χ4n) is 2.45. The van der Waals surface area contributed by atoms with E-state index in [1.165, 1.54) is 0 Å². The fourth-order valence-corrected chi connectivity index (χ4v) is 2.77. The summed E-state index contributed by atoms with van der Waals surface area (Å²) in [7, 11) is 0. The monoisotopic (exact) mass is 287 g/mol. The molecular formula is C14H16ClF2NO. The van der Waals surface area contributed by atoms with Gasteiger partial charge in [-0.05, 0) is 25.0 Å². The van der Waals surface area contributed by atoms with Crippen molar-refractivity contribution in [3.8, 4) is 0 Å². The quantitative estimate of drug-likeness (QED) is 0.761. The van der Waals surface area contributed by atoms with Gasteiger partial charge in [0.15, 0.2) is 0 Å². The Labute approximate surface area is 116 Å². The maximum atomic E-state index is 13.2. The van der Waals surface area contributed by atoms with Crippen LogP contribution < -0.4 is 0 Å². The molecule has 0 aliphatic carbocycles. The molecule has 1 heterocycles. The van der Waals surface area contributed by atoms with Gasteiger partial charge in [-0.15, -0.1) is 11.6 Å². The molecule has 2 nitrogen and oxygen atoms in total. The minimum Gasteiger partial charge on any atom is -0.334 e. The molecule has 1 amide bonds. The molecule has 0 saturated carbocycles. The third-order valence-corrected chi connectivity index (χ3v) is 3.78. The number of benzene rings is 1. The molecule has 0 radical (unpaired) electrons. The van der Waals surface area contributed by atoms with Gasteiger partial charge in [0.1, 0.15) is 11.6 Å². The molecule has 1 fully saturated rings. The van der Waals surface area contributed by atoms with Gasteiger partial charge in [-0.2, -0.15) is 0 Å². The van der Waals surface area contributed by atoms with E-state index in [9.17, 15) is 13.6 Å². The van der Waals surface area contributed by atoms with Crippen LogP contribution in [0.2, 0.25) is 0 Å². The van der Waals surface area contributed by atoms with Crippen LogP contribution in [0.25, 0.3) is 0 Å². The van der Waals surface area contributed by atoms with Crippen LogP contribution in [0.1, 0.15) is 36.0 Å². The van der Waals surface area contributed by atoms with Crippen molar-refractivity contribution in [1.29, 1.82) is 0 Å². The van der Waals surface area contributed by atoms with Crippen molar-refractivity contribution >= 4 is 17.5 Å². The van der Waals surface area contributed by atoms with Crippen LogP contribution in [0.5, 0.6) is 0 Å². The molecule has 1 atom stereocenters. The molecule has 19 heavy (non-hydrogen) atoms. The summed E-state index contributed by atoms with van der Waals surface area (Å²) in [4.78, 5) is 14.0. The summed E-state index contributed by atoms with van der Waals surface area (Å²) in [5, 5.41) is 0. The third kappa shape index (κ3) is 3.44. The van der Waals surface area contributed by atoms with Crippen LogP contribution in [-0.4, -0.2) is 29.3 Å². The smallest absolute Gasteiger partial charge is 0.254 e. The van der Waals surface area contributed by atoms with E-state index in [-0.39, 0.29) is 17.5 Å². The second-order valence-electron chi connectivity index (χ2n) is 4.81. The molecule has 1 aromatic rings. The summed E-state index contributed by atoms with van der Waals surface area (Å²) in [5.74, 6) is -1.46. The Morgan fingerprint density at radius 3 is 2.53 bits per heavy atom. The van der Waals surface area contributed by atoms with Gasteiger partial charge in [-0.25, -0.2) is 8.78 Å². The maximum Gasteiger partial charge on any atom is 0.254 e. The lowest BCUT2D eigenvalue weighted by atomic mass is 10.1. The Bertz CT molecular complexity index is 447. The second kappa shape index (κ2) is 6.33. The van der Waals surface area contributed by atoms with Crippen molar-refractivity contribution in [2.75, 3.05) is 12.4 Å². The average Bonchev–Trinajstić information content (AvgIpc) is 2.61. The van der Waals surface area contributed by atoms with E-state index in [0.717, 1.165) is 43.9 Å². The molecular weight excluding hydrogens is 272 g/mol. The molecule has 5 heteroatoms. The Morgan fingerprint density at radius 1 is 1.21 bits per heavy atom. The largest absolute Gasteiger partial charge is 0.334 e. The van der Waals surface area contributed by atoms with Crippen molar-refractivity contribution in [2.24, 2.45) is 0 Å². The van der Waals surface area contributed by atoms with Gasteiger partial charge >= 0.3 is 0 Å². The molecule has 1 saturated heterocycles. The number of amides is 1. The van der Waals surface area contributed by atoms with Gasteiger partial charge in [-0.3, -0.25) is 4.79 Å². The van der Waals surface area contributed by atoms with Gasteiger partial charge in [0.25, 0.3) is 5.91 Å². The van der Waals surface area contributed by atoms with E-state index in [1.807, 2.05) is 0 Å². The number of halogens is 3. The number of carbonyl (C=O) groups is 1. The highest BCUT2D eigenvalue weighted by atomic mass is 35.5. The van der Waals surface area contributed by atoms with Crippen LogP contribution in [-0.2, 0) is 0 Å². The van der Waals surface area contributed by atoms with E-state index in [2.05, 4.69) is 0 Å². The Morgan fingerprint density at radius 2 is 1.89 bits per heavy atom. The zero-order valence-electron chi connectivity index (χ0n) is 10.5. The number of rotatable bonds is 2. The molecule has 0 aromatic heterocycles. The van der Waals surface area contributed by atoms with Crippen molar-refractivity contribution < 1.29 is 13.6 Å². The first-order valence-electron chi connectivity index (χ1n) is 6.45. The summed E-state index contributed by atoms with van der Waals surface area (Å²) in [6.45, 7) is 0.592. The molecule has 0 bridgehead atoms. The first-order valence-corrected chi connectivity index (χ1v) is 6.98. The predicted octanol–water partition coefficient (Wildman–Crippen LogP) is 3.59. The van der Waals surface area contributed by atoms with Gasteiger partial charge in [0.05, 0.1) is 0 Å². The van der Waals surface area contributed by atoms with Gasteiger partial charge in [0, 0.05) is 30.1 Å². The molecule has 1 aromatic carbocycles. The highest BCUT2D eigenvalue weighted by molar-refractivity contribution is 6.18. The highest BCUT2D eigenvalue weighted by Crippen LogP contribution is 2.21. The van der Waals surface area contributed by atoms with Gasteiger partial charge < -0.3 is 4.90 Å². The lowest BCUT2D eigenvalue weighted by Crippen LogP contribution is -2.41. The summed E-state index contributed by atoms with van der Waals surface area (Å²) in [5.41, 5.74) is 0.0505. The zero-order chi connectivity index (χ0) is 13.8. The van der Waals surface area contributed by atoms with E-state index in [0.29, 0.717) is 12.4 Å². The molecule has 1 unspecified atom stereocenters. The number of carbonyl (C=O) groups excluding carboxylic acids is 1. The van der Waals surface area contributed by atoms with Crippen LogP contribution in [0.15, 0.2) is 18.2 Å². The molecule has 0 spiro atoms. The van der Waals surface area contributed by atoms with Crippen molar-refractivity contribution in [1.82, 2.24) is 4.90 Å². The standard InChI is InChI=1S/C14H16ClF2NO/c15-9-13-4-2-1-3-5-18(13)14(19)10-6-11(16)8-12(17)7-10/h6-8,13H,1-5,9H2. The topological polar surface area (TPSA) is 20.3 Å². The van der Waals surface area contributed by atoms with E-state index in [4.69, 9.17) is 11.6 Å². The van der Waals surface area contributed by atoms with E-state index in [1.54, 1.807) is 4.90 Å². The highest BCUT2D eigenvalue weighted by Gasteiger charge is 2.26. The van der Waals surface area contributed by atoms with Crippen molar-refractivity contribution in [3.05, 3.63) is 35.4 Å². The van der Waals surface area contributed by atoms with Crippen molar-refractivity contribution in [2.45, 2.75) is 31.7 Å². The summed E-state index contributed by atoms with van der Waals surface area (Å²) in [6.07, 6.45) is 3.82. The maximum absolute atomic E-state index is 13.2. The van der Waals surface area contributed by atoms with Gasteiger partial charge in [0.2, 0.25) is 0 Å². The van der Waals surface area contributed by atoms with Crippen LogP contribution in [0, 0.1) is 11.6 Å². The van der Waals surface area contributed by atoms with E-state index < -0.39 is 11.6 Å². The molecule has 0 N–H and O–H groups in total. The number of hydrogen-bond donors (Lipinski definition) is 0. The predicted molar refractivity (Wildman–Crippen MR) is 70.4 cm³/mol. The SMILES string of the molecule is O=C(c1cc(F)cc(F)c1)N1CCCCCC1CCl. The van der Waals surface area contributed by atoms with Crippen molar-refractivity contribution in [3.63, 3.8) is 0 Å². The lowest BCUT2D eigenvalue weighted by Gasteiger charge is -2.28. The van der Waals surface area contributed by atoms with E-state index >= 15 is 0 Å². The Kier molecular flexibility index (Phi) is 4.75. The first-order chi connectivity index (χ1) is 9.11. The minimum atomic E-state index is -0.736. The zero-order valence-corrected chi connectivity index (χ0v) is 11.3. The molecule has 1 aliphatic rings. The van der Waals surface area contributed by atoms with Gasteiger partial charge in [-0.1, -0.05) is 12.8 Å². The molecule has 1 aliphatic heterocycles. The van der Waals surface area contributed by atoms with Crippen LogP contribution in [0.3, 0.4) is 0 Å². The lowest BCUT2D eigenvalue weighted by molar-refractivity contribution is 0.0699. The molecule has 2 rings (SSSR count). The second-order valence-corrected chi connectivity index (χ2v) is 5.12. The summed E-state index contributed by atoms with van der Waals surface area (Å²) < 4.78 is 26.4. The summed E-state index contributed by atoms with van der Waals surface area (Å²) in [6, 6.07) is 2.85.